The summed E-state index contributed by atoms with van der Waals surface area (Å²) in [5.41, 5.74) is 2.44. The Labute approximate surface area is 180 Å². The fourth-order valence-electron chi connectivity index (χ4n) is 3.57. The number of nitrogens with zero attached hydrogens (tertiary/aromatic N) is 1. The summed E-state index contributed by atoms with van der Waals surface area (Å²) in [5.74, 6) is -1.12. The molecule has 0 saturated carbocycles. The Balaban J connectivity index is 1.36. The van der Waals surface area contributed by atoms with Crippen LogP contribution in [0.1, 0.15) is 18.1 Å². The van der Waals surface area contributed by atoms with Crippen molar-refractivity contribution in [2.24, 2.45) is 0 Å². The van der Waals surface area contributed by atoms with E-state index in [1.54, 1.807) is 31.2 Å². The van der Waals surface area contributed by atoms with Crippen LogP contribution >= 0.6 is 0 Å². The maximum absolute atomic E-state index is 12.9. The van der Waals surface area contributed by atoms with E-state index in [4.69, 9.17) is 4.74 Å². The topological polar surface area (TPSA) is 75.7 Å². The zero-order chi connectivity index (χ0) is 21.8. The first kappa shape index (κ1) is 20.3. The van der Waals surface area contributed by atoms with E-state index in [1.165, 1.54) is 0 Å². The zero-order valence-electron chi connectivity index (χ0n) is 17.1. The third-order valence-corrected chi connectivity index (χ3v) is 5.37. The molecule has 0 aliphatic carbocycles. The third kappa shape index (κ3) is 4.19. The van der Waals surface area contributed by atoms with Crippen molar-refractivity contribution in [2.75, 3.05) is 6.54 Å². The number of hydrogen-bond acceptors (Lipinski definition) is 4. The molecule has 1 atom stereocenters. The lowest BCUT2D eigenvalue weighted by Gasteiger charge is -2.21. The largest absolute Gasteiger partial charge is 0.459 e. The molecule has 0 radical (unpaired) electrons. The Kier molecular flexibility index (Phi) is 5.54. The average Bonchev–Trinajstić information content (AvgIpc) is 3.03. The third-order valence-electron chi connectivity index (χ3n) is 5.37. The van der Waals surface area contributed by atoms with E-state index in [1.807, 2.05) is 60.7 Å². The van der Waals surface area contributed by atoms with Gasteiger partial charge in [0.05, 0.1) is 0 Å². The molecule has 0 spiro atoms. The summed E-state index contributed by atoms with van der Waals surface area (Å²) in [4.78, 5) is 38.4. The Morgan fingerprint density at radius 3 is 2.10 bits per heavy atom. The monoisotopic (exact) mass is 414 g/mol. The molecular weight excluding hydrogens is 392 g/mol. The first-order chi connectivity index (χ1) is 15.0. The molecule has 6 nitrogen and oxygen atoms in total. The molecular formula is C25H22N2O4. The van der Waals surface area contributed by atoms with Gasteiger partial charge in [0.15, 0.2) is 0 Å². The molecule has 1 saturated heterocycles. The maximum atomic E-state index is 12.9. The van der Waals surface area contributed by atoms with Gasteiger partial charge in [0.25, 0.3) is 5.91 Å². The van der Waals surface area contributed by atoms with E-state index in [-0.39, 0.29) is 6.61 Å². The number of carbonyl (C=O) groups excluding carboxylic acids is 3. The van der Waals surface area contributed by atoms with Crippen LogP contribution in [-0.2, 0) is 26.5 Å². The van der Waals surface area contributed by atoms with Gasteiger partial charge in [-0.3, -0.25) is 14.5 Å². The Hall–Kier alpha value is -3.93. The van der Waals surface area contributed by atoms with Crippen molar-refractivity contribution in [3.8, 4) is 11.1 Å². The van der Waals surface area contributed by atoms with Crippen molar-refractivity contribution in [1.82, 2.24) is 10.2 Å². The van der Waals surface area contributed by atoms with Crippen LogP contribution in [0, 0.1) is 0 Å². The molecule has 1 aliphatic heterocycles. The number of imide groups is 1. The van der Waals surface area contributed by atoms with Gasteiger partial charge in [-0.25, -0.2) is 4.79 Å². The molecule has 1 N–H and O–H groups in total. The standard InChI is InChI=1S/C25H22N2O4/c1-25(21-10-6-3-7-11-21)23(29)27(24(30)26-25)16-22(28)31-17-18-12-14-20(15-13-18)19-8-4-2-5-9-19/h2-15H,16-17H2,1H3,(H,26,30)/t25-/m0/s1. The van der Waals surface area contributed by atoms with E-state index in [9.17, 15) is 14.4 Å². The average molecular weight is 414 g/mol. The normalized spacial score (nSPS) is 18.0. The van der Waals surface area contributed by atoms with Gasteiger partial charge < -0.3 is 10.1 Å². The van der Waals surface area contributed by atoms with Crippen molar-refractivity contribution in [3.63, 3.8) is 0 Å². The second-order valence-corrected chi connectivity index (χ2v) is 7.54. The Bertz CT molecular complexity index is 1100. The molecule has 1 heterocycles. The summed E-state index contributed by atoms with van der Waals surface area (Å²) in [6.07, 6.45) is 0. The molecule has 3 aromatic carbocycles. The number of benzene rings is 3. The minimum absolute atomic E-state index is 0.0630. The Morgan fingerprint density at radius 2 is 1.45 bits per heavy atom. The lowest BCUT2D eigenvalue weighted by molar-refractivity contribution is -0.148. The first-order valence-corrected chi connectivity index (χ1v) is 9.97. The first-order valence-electron chi connectivity index (χ1n) is 9.97. The van der Waals surface area contributed by atoms with E-state index < -0.39 is 30.0 Å². The van der Waals surface area contributed by atoms with E-state index in [0.29, 0.717) is 5.56 Å². The lowest BCUT2D eigenvalue weighted by atomic mass is 9.92. The van der Waals surface area contributed by atoms with Gasteiger partial charge in [-0.15, -0.1) is 0 Å². The predicted molar refractivity (Wildman–Crippen MR) is 116 cm³/mol. The molecule has 156 valence electrons. The molecule has 0 bridgehead atoms. The van der Waals surface area contributed by atoms with Gasteiger partial charge >= 0.3 is 12.0 Å². The van der Waals surface area contributed by atoms with Crippen molar-refractivity contribution in [1.29, 1.82) is 0 Å². The highest BCUT2D eigenvalue weighted by Crippen LogP contribution is 2.28. The van der Waals surface area contributed by atoms with Crippen molar-refractivity contribution < 1.29 is 19.1 Å². The highest BCUT2D eigenvalue weighted by atomic mass is 16.5. The molecule has 0 aromatic heterocycles. The number of hydrogen-bond donors (Lipinski definition) is 1. The van der Waals surface area contributed by atoms with E-state index >= 15 is 0 Å². The van der Waals surface area contributed by atoms with Gasteiger partial charge in [-0.1, -0.05) is 84.9 Å². The maximum Gasteiger partial charge on any atom is 0.326 e. The SMILES string of the molecule is C[C@@]1(c2ccccc2)NC(=O)N(CC(=O)OCc2ccc(-c3ccccc3)cc2)C1=O. The molecule has 4 rings (SSSR count). The predicted octanol–water partition coefficient (Wildman–Crippen LogP) is 3.86. The van der Waals surface area contributed by atoms with Crippen LogP contribution in [0.5, 0.6) is 0 Å². The minimum Gasteiger partial charge on any atom is -0.459 e. The van der Waals surface area contributed by atoms with E-state index in [0.717, 1.165) is 21.6 Å². The minimum atomic E-state index is -1.20. The highest BCUT2D eigenvalue weighted by molar-refractivity contribution is 6.08. The smallest absolute Gasteiger partial charge is 0.326 e. The van der Waals surface area contributed by atoms with E-state index in [2.05, 4.69) is 5.32 Å². The van der Waals surface area contributed by atoms with Crippen molar-refractivity contribution in [3.05, 3.63) is 96.1 Å². The number of esters is 1. The van der Waals surface area contributed by atoms with Crippen LogP contribution in [0.3, 0.4) is 0 Å². The second-order valence-electron chi connectivity index (χ2n) is 7.54. The van der Waals surface area contributed by atoms with Gasteiger partial charge in [0, 0.05) is 0 Å². The Morgan fingerprint density at radius 1 is 0.871 bits per heavy atom. The molecule has 1 aliphatic rings. The number of rotatable bonds is 6. The summed E-state index contributed by atoms with van der Waals surface area (Å²) in [7, 11) is 0. The summed E-state index contributed by atoms with van der Waals surface area (Å²) in [5, 5.41) is 2.68. The van der Waals surface area contributed by atoms with Crippen LogP contribution in [0.25, 0.3) is 11.1 Å². The molecule has 3 aromatic rings. The summed E-state index contributed by atoms with van der Waals surface area (Å²) in [6.45, 7) is 1.25. The van der Waals surface area contributed by atoms with Crippen molar-refractivity contribution >= 4 is 17.9 Å². The molecule has 31 heavy (non-hydrogen) atoms. The number of amides is 3. The number of urea groups is 1. The summed E-state index contributed by atoms with van der Waals surface area (Å²) < 4.78 is 5.29. The van der Waals surface area contributed by atoms with Gasteiger partial charge in [0.1, 0.15) is 18.7 Å². The fourth-order valence-corrected chi connectivity index (χ4v) is 3.57. The van der Waals surface area contributed by atoms with Gasteiger partial charge in [0.2, 0.25) is 0 Å². The molecule has 1 fully saturated rings. The van der Waals surface area contributed by atoms with Crippen LogP contribution in [0.15, 0.2) is 84.9 Å². The number of carbonyl (C=O) groups is 3. The van der Waals surface area contributed by atoms with Crippen LogP contribution < -0.4 is 5.32 Å². The van der Waals surface area contributed by atoms with Crippen LogP contribution in [0.4, 0.5) is 4.79 Å². The van der Waals surface area contributed by atoms with Gasteiger partial charge in [-0.05, 0) is 29.2 Å². The van der Waals surface area contributed by atoms with Gasteiger partial charge in [-0.2, -0.15) is 0 Å². The summed E-state index contributed by atoms with van der Waals surface area (Å²) in [6, 6.07) is 26.0. The quantitative estimate of drug-likeness (QED) is 0.491. The highest BCUT2D eigenvalue weighted by Gasteiger charge is 2.49. The molecule has 0 unspecified atom stereocenters. The van der Waals surface area contributed by atoms with Crippen LogP contribution in [0.2, 0.25) is 0 Å². The molecule has 3 amide bonds. The summed E-state index contributed by atoms with van der Waals surface area (Å²) >= 11 is 0. The number of nitrogens with one attached hydrogen (secondary N) is 1. The lowest BCUT2D eigenvalue weighted by Crippen LogP contribution is -2.41. The molecule has 6 heteroatoms. The van der Waals surface area contributed by atoms with Crippen LogP contribution in [-0.4, -0.2) is 29.4 Å². The number of ether oxygens (including phenoxy) is 1. The fraction of sp³-hybridized carbons (Fsp3) is 0.160. The second kappa shape index (κ2) is 8.44. The van der Waals surface area contributed by atoms with Crippen molar-refractivity contribution in [2.45, 2.75) is 19.1 Å². The zero-order valence-corrected chi connectivity index (χ0v) is 17.1.